The number of aliphatic hydroxyl groups is 2. The van der Waals surface area contributed by atoms with Gasteiger partial charge in [0.2, 0.25) is 11.7 Å². The Labute approximate surface area is 183 Å². The molecule has 0 radical (unpaired) electrons. The van der Waals surface area contributed by atoms with Crippen molar-refractivity contribution in [3.63, 3.8) is 0 Å². The molecule has 3 aromatic rings. The van der Waals surface area contributed by atoms with E-state index in [1.54, 1.807) is 6.07 Å². The minimum atomic E-state index is -4.80. The Morgan fingerprint density at radius 1 is 1.12 bits per heavy atom. The number of halogens is 3. The number of aromatic nitrogens is 2. The van der Waals surface area contributed by atoms with Crippen molar-refractivity contribution in [1.29, 1.82) is 0 Å². The molecule has 1 aromatic carbocycles. The fraction of sp³-hybridized carbons (Fsp3) is 0.350. The Balaban J connectivity index is 1.34. The fourth-order valence-electron chi connectivity index (χ4n) is 3.28. The second-order valence-electron chi connectivity index (χ2n) is 7.17. The van der Waals surface area contributed by atoms with Gasteiger partial charge >= 0.3 is 6.36 Å². The second kappa shape index (κ2) is 9.21. The zero-order chi connectivity index (χ0) is 23.6. The van der Waals surface area contributed by atoms with Crippen LogP contribution in [-0.2, 0) is 11.2 Å². The van der Waals surface area contributed by atoms with Crippen LogP contribution in [0.2, 0.25) is 0 Å². The summed E-state index contributed by atoms with van der Waals surface area (Å²) in [6, 6.07) is 7.92. The van der Waals surface area contributed by atoms with Crippen LogP contribution >= 0.6 is 0 Å². The number of ether oxygens (including phenoxy) is 2. The maximum absolute atomic E-state index is 12.3. The topological polar surface area (TPSA) is 140 Å². The average molecular weight is 469 g/mol. The maximum Gasteiger partial charge on any atom is 0.573 e. The first kappa shape index (κ1) is 22.8. The van der Waals surface area contributed by atoms with Gasteiger partial charge in [-0.2, -0.15) is 4.98 Å². The molecule has 176 valence electrons. The third-order valence-electron chi connectivity index (χ3n) is 4.86. The van der Waals surface area contributed by atoms with Crippen molar-refractivity contribution in [2.24, 2.45) is 0 Å². The quantitative estimate of drug-likeness (QED) is 0.472. The summed E-state index contributed by atoms with van der Waals surface area (Å²) in [6.45, 7) is -0.0737. The van der Waals surface area contributed by atoms with Gasteiger partial charge in [-0.25, -0.2) is 0 Å². The van der Waals surface area contributed by atoms with Gasteiger partial charge < -0.3 is 33.9 Å². The van der Waals surface area contributed by atoms with Crippen LogP contribution in [0.25, 0.3) is 11.4 Å². The molecule has 3 heterocycles. The molecule has 1 aliphatic rings. The Kier molecular flexibility index (Phi) is 6.35. The number of hydrogen-bond donors (Lipinski definition) is 3. The fourth-order valence-corrected chi connectivity index (χ4v) is 3.28. The van der Waals surface area contributed by atoms with Crippen molar-refractivity contribution >= 4 is 5.91 Å². The van der Waals surface area contributed by atoms with Gasteiger partial charge in [0.1, 0.15) is 24.1 Å². The summed E-state index contributed by atoms with van der Waals surface area (Å²) in [4.78, 5) is 16.1. The molecule has 0 spiro atoms. The van der Waals surface area contributed by atoms with Crippen LogP contribution < -0.4 is 10.1 Å². The molecule has 1 amide bonds. The van der Waals surface area contributed by atoms with Gasteiger partial charge in [-0.1, -0.05) is 5.16 Å². The van der Waals surface area contributed by atoms with Crippen molar-refractivity contribution in [2.45, 2.75) is 37.2 Å². The van der Waals surface area contributed by atoms with E-state index in [4.69, 9.17) is 13.7 Å². The summed E-state index contributed by atoms with van der Waals surface area (Å²) in [6.07, 6.45) is -7.80. The number of nitrogens with one attached hydrogen (secondary N) is 1. The first-order valence-electron chi connectivity index (χ1n) is 9.71. The summed E-state index contributed by atoms with van der Waals surface area (Å²) in [5.74, 6) is -0.606. The summed E-state index contributed by atoms with van der Waals surface area (Å²) in [7, 11) is 0. The lowest BCUT2D eigenvalue weighted by atomic mass is 10.1. The highest BCUT2D eigenvalue weighted by atomic mass is 19.4. The zero-order valence-electron chi connectivity index (χ0n) is 16.7. The van der Waals surface area contributed by atoms with Gasteiger partial charge in [-0.15, -0.1) is 13.2 Å². The molecule has 3 N–H and O–H groups in total. The Morgan fingerprint density at radius 2 is 1.85 bits per heavy atom. The average Bonchev–Trinajstić information content (AvgIpc) is 3.50. The Hall–Kier alpha value is -3.42. The molecule has 0 bridgehead atoms. The highest BCUT2D eigenvalue weighted by Gasteiger charge is 2.43. The van der Waals surface area contributed by atoms with Crippen LogP contribution in [0, 0.1) is 0 Å². The van der Waals surface area contributed by atoms with Crippen LogP contribution in [0.1, 0.15) is 16.4 Å². The molecular formula is C20H18F3N3O7. The first-order chi connectivity index (χ1) is 15.7. The minimum Gasteiger partial charge on any atom is -0.459 e. The van der Waals surface area contributed by atoms with Crippen molar-refractivity contribution in [3.8, 4) is 17.1 Å². The number of aliphatic hydroxyl groups excluding tert-OH is 2. The predicted molar refractivity (Wildman–Crippen MR) is 102 cm³/mol. The molecule has 1 fully saturated rings. The predicted octanol–water partition coefficient (Wildman–Crippen LogP) is 1.69. The Bertz CT molecular complexity index is 1070. The van der Waals surface area contributed by atoms with Gasteiger partial charge in [0.25, 0.3) is 5.91 Å². The van der Waals surface area contributed by atoms with Crippen molar-refractivity contribution in [2.75, 3.05) is 6.54 Å². The monoisotopic (exact) mass is 469 g/mol. The van der Waals surface area contributed by atoms with Gasteiger partial charge in [0.15, 0.2) is 5.76 Å². The van der Waals surface area contributed by atoms with Crippen LogP contribution in [0.3, 0.4) is 0 Å². The number of nitrogens with zero attached hydrogens (tertiary/aromatic N) is 2. The first-order valence-corrected chi connectivity index (χ1v) is 9.71. The molecule has 13 heteroatoms. The van der Waals surface area contributed by atoms with E-state index >= 15 is 0 Å². The number of hydrogen-bond acceptors (Lipinski definition) is 9. The lowest BCUT2D eigenvalue weighted by Gasteiger charge is -2.14. The molecule has 0 saturated carbocycles. The van der Waals surface area contributed by atoms with E-state index in [-0.39, 0.29) is 30.4 Å². The van der Waals surface area contributed by atoms with Crippen molar-refractivity contribution < 1.29 is 46.6 Å². The van der Waals surface area contributed by atoms with E-state index in [1.165, 1.54) is 24.5 Å². The molecule has 1 saturated heterocycles. The van der Waals surface area contributed by atoms with Crippen molar-refractivity contribution in [3.05, 3.63) is 54.3 Å². The van der Waals surface area contributed by atoms with Crippen LogP contribution in [-0.4, -0.2) is 63.6 Å². The molecule has 33 heavy (non-hydrogen) atoms. The number of carbonyl (C=O) groups is 1. The van der Waals surface area contributed by atoms with Crippen LogP contribution in [0.4, 0.5) is 13.2 Å². The summed E-state index contributed by atoms with van der Waals surface area (Å²) in [5.41, 5.74) is 0.381. The van der Waals surface area contributed by atoms with Crippen molar-refractivity contribution in [1.82, 2.24) is 15.5 Å². The van der Waals surface area contributed by atoms with Gasteiger partial charge in [-0.05, 0) is 36.4 Å². The lowest BCUT2D eigenvalue weighted by molar-refractivity contribution is -0.274. The molecule has 0 unspecified atom stereocenters. The van der Waals surface area contributed by atoms with E-state index in [2.05, 4.69) is 20.2 Å². The summed E-state index contributed by atoms with van der Waals surface area (Å²) in [5, 5.41) is 26.8. The van der Waals surface area contributed by atoms with Gasteiger partial charge in [0, 0.05) is 12.1 Å². The van der Waals surface area contributed by atoms with Crippen LogP contribution in [0.15, 0.2) is 51.6 Å². The lowest BCUT2D eigenvalue weighted by Crippen LogP contribution is -2.39. The van der Waals surface area contributed by atoms with Gasteiger partial charge in [0.05, 0.1) is 18.8 Å². The van der Waals surface area contributed by atoms with Crippen LogP contribution in [0.5, 0.6) is 5.75 Å². The van der Waals surface area contributed by atoms with E-state index in [0.29, 0.717) is 5.56 Å². The number of carbonyl (C=O) groups excluding carboxylic acids is 1. The Morgan fingerprint density at radius 3 is 2.52 bits per heavy atom. The summed E-state index contributed by atoms with van der Waals surface area (Å²) < 4.78 is 56.3. The van der Waals surface area contributed by atoms with E-state index < -0.39 is 42.4 Å². The zero-order valence-corrected chi connectivity index (χ0v) is 16.7. The molecule has 4 rings (SSSR count). The third-order valence-corrected chi connectivity index (χ3v) is 4.86. The summed E-state index contributed by atoms with van der Waals surface area (Å²) >= 11 is 0. The number of rotatable bonds is 7. The third kappa shape index (κ3) is 5.50. The smallest absolute Gasteiger partial charge is 0.459 e. The SMILES string of the molecule is O=C(NC[C@H]1O[C@@H](Cc2nc(-c3ccc(OC(F)(F)F)cc3)no2)[C@H](O)[C@@H]1O)c1ccco1. The highest BCUT2D eigenvalue weighted by molar-refractivity contribution is 5.91. The minimum absolute atomic E-state index is 0.0386. The number of amides is 1. The number of alkyl halides is 3. The molecular weight excluding hydrogens is 451 g/mol. The largest absolute Gasteiger partial charge is 0.573 e. The maximum atomic E-state index is 12.3. The second-order valence-corrected chi connectivity index (χ2v) is 7.17. The number of benzene rings is 1. The van der Waals surface area contributed by atoms with E-state index in [0.717, 1.165) is 12.1 Å². The number of furan rings is 1. The molecule has 10 nitrogen and oxygen atoms in total. The molecule has 0 aliphatic carbocycles. The van der Waals surface area contributed by atoms with E-state index in [9.17, 15) is 28.2 Å². The molecule has 2 aromatic heterocycles. The molecule has 1 aliphatic heterocycles. The standard InChI is InChI=1S/C20H18F3N3O7/c21-20(22,23)32-11-5-3-10(4-6-11)18-25-15(33-26-18)8-13-16(27)17(28)14(31-13)9-24-19(29)12-2-1-7-30-12/h1-7,13-14,16-17,27-28H,8-9H2,(H,24,29)/t13-,14+,16-,17+/m0/s1. The van der Waals surface area contributed by atoms with E-state index in [1.807, 2.05) is 0 Å². The van der Waals surface area contributed by atoms with Gasteiger partial charge in [-0.3, -0.25) is 4.79 Å². The normalized spacial score (nSPS) is 22.9. The molecule has 4 atom stereocenters. The highest BCUT2D eigenvalue weighted by Crippen LogP contribution is 2.27.